The average molecular weight is 291 g/mol. The Labute approximate surface area is 118 Å². The number of nitrogen functional groups attached to an aromatic ring is 1. The fourth-order valence-corrected chi connectivity index (χ4v) is 1.70. The molecule has 0 saturated carbocycles. The fourth-order valence-electron chi connectivity index (χ4n) is 1.70. The van der Waals surface area contributed by atoms with Crippen molar-refractivity contribution < 1.29 is 9.72 Å². The monoisotopic (exact) mass is 291 g/mol. The summed E-state index contributed by atoms with van der Waals surface area (Å²) in [6.45, 7) is 0.358. The summed E-state index contributed by atoms with van der Waals surface area (Å²) in [6, 6.07) is 3.91. The summed E-state index contributed by atoms with van der Waals surface area (Å²) in [4.78, 5) is 26.0. The Kier molecular flexibility index (Phi) is 4.41. The summed E-state index contributed by atoms with van der Waals surface area (Å²) in [5.74, 6) is 5.51. The standard InChI is InChI=1S/C11H13N7O3/c12-16-8-5-7(1-2-9(8)18(20)21)11(19)13-4-3-10-14-6-15-17-10/h1-2,5-6,16H,3-4,12H2,(H,13,19)(H,14,15,17). The molecule has 0 aliphatic rings. The molecule has 0 spiro atoms. The molecule has 10 heteroatoms. The normalized spacial score (nSPS) is 10.1. The van der Waals surface area contributed by atoms with Crippen LogP contribution in [0, 0.1) is 10.1 Å². The van der Waals surface area contributed by atoms with E-state index in [4.69, 9.17) is 5.84 Å². The molecule has 1 amide bonds. The number of nitrogens with two attached hydrogens (primary N) is 1. The Balaban J connectivity index is 2.00. The molecule has 0 unspecified atom stereocenters. The summed E-state index contributed by atoms with van der Waals surface area (Å²) < 4.78 is 0. The minimum Gasteiger partial charge on any atom is -0.352 e. The number of carbonyl (C=O) groups is 1. The number of H-pyrrole nitrogens is 1. The number of nitro groups is 1. The number of carbonyl (C=O) groups excluding carboxylic acids is 1. The van der Waals surface area contributed by atoms with Crippen LogP contribution in [-0.4, -0.2) is 32.6 Å². The van der Waals surface area contributed by atoms with E-state index in [0.29, 0.717) is 18.8 Å². The van der Waals surface area contributed by atoms with Crippen LogP contribution < -0.4 is 16.6 Å². The van der Waals surface area contributed by atoms with Gasteiger partial charge in [0.1, 0.15) is 17.8 Å². The van der Waals surface area contributed by atoms with E-state index in [1.54, 1.807) is 0 Å². The molecule has 1 aromatic carbocycles. The number of amides is 1. The molecule has 0 radical (unpaired) electrons. The van der Waals surface area contributed by atoms with Crippen molar-refractivity contribution in [2.75, 3.05) is 12.0 Å². The topological polar surface area (TPSA) is 152 Å². The van der Waals surface area contributed by atoms with Gasteiger partial charge in [0.15, 0.2) is 0 Å². The first-order valence-corrected chi connectivity index (χ1v) is 5.99. The van der Waals surface area contributed by atoms with Crippen LogP contribution in [0.4, 0.5) is 11.4 Å². The number of hydrogen-bond donors (Lipinski definition) is 4. The van der Waals surface area contributed by atoms with Crippen molar-refractivity contribution in [1.82, 2.24) is 20.5 Å². The van der Waals surface area contributed by atoms with Gasteiger partial charge in [-0.15, -0.1) is 0 Å². The third-order valence-electron chi connectivity index (χ3n) is 2.72. The first-order valence-electron chi connectivity index (χ1n) is 5.99. The highest BCUT2D eigenvalue weighted by atomic mass is 16.6. The summed E-state index contributed by atoms with van der Waals surface area (Å²) in [7, 11) is 0. The Morgan fingerprint density at radius 2 is 2.29 bits per heavy atom. The van der Waals surface area contributed by atoms with Gasteiger partial charge >= 0.3 is 0 Å². The zero-order valence-corrected chi connectivity index (χ0v) is 10.9. The first-order chi connectivity index (χ1) is 10.1. The smallest absolute Gasteiger partial charge is 0.293 e. The third-order valence-corrected chi connectivity index (χ3v) is 2.72. The lowest BCUT2D eigenvalue weighted by Crippen LogP contribution is -2.26. The number of benzene rings is 1. The van der Waals surface area contributed by atoms with Crippen LogP contribution in [0.15, 0.2) is 24.5 Å². The highest BCUT2D eigenvalue weighted by molar-refractivity contribution is 5.95. The second-order valence-corrected chi connectivity index (χ2v) is 4.07. The molecular formula is C11H13N7O3. The van der Waals surface area contributed by atoms with E-state index < -0.39 is 4.92 Å². The Hall–Kier alpha value is -3.01. The summed E-state index contributed by atoms with van der Waals surface area (Å²) in [5.41, 5.74) is 2.35. The number of hydrogen-bond acceptors (Lipinski definition) is 7. The molecule has 0 aliphatic carbocycles. The van der Waals surface area contributed by atoms with Crippen LogP contribution in [0.2, 0.25) is 0 Å². The zero-order valence-electron chi connectivity index (χ0n) is 10.9. The Morgan fingerprint density at radius 3 is 2.90 bits per heavy atom. The van der Waals surface area contributed by atoms with Crippen molar-refractivity contribution in [3.63, 3.8) is 0 Å². The molecule has 10 nitrogen and oxygen atoms in total. The van der Waals surface area contributed by atoms with Gasteiger partial charge in [-0.1, -0.05) is 0 Å². The predicted molar refractivity (Wildman–Crippen MR) is 73.3 cm³/mol. The average Bonchev–Trinajstić information content (AvgIpc) is 2.99. The molecule has 0 atom stereocenters. The van der Waals surface area contributed by atoms with E-state index in [9.17, 15) is 14.9 Å². The molecule has 0 bridgehead atoms. The zero-order chi connectivity index (χ0) is 15.2. The lowest BCUT2D eigenvalue weighted by Gasteiger charge is -2.06. The number of aromatic amines is 1. The molecular weight excluding hydrogens is 278 g/mol. The minimum atomic E-state index is -0.583. The second kappa shape index (κ2) is 6.43. The number of nitro benzene ring substituents is 1. The van der Waals surface area contributed by atoms with E-state index >= 15 is 0 Å². The Morgan fingerprint density at radius 1 is 1.48 bits per heavy atom. The van der Waals surface area contributed by atoms with E-state index in [1.165, 1.54) is 24.5 Å². The number of aromatic nitrogens is 3. The van der Waals surface area contributed by atoms with Crippen molar-refractivity contribution in [3.8, 4) is 0 Å². The highest BCUT2D eigenvalue weighted by Crippen LogP contribution is 2.24. The van der Waals surface area contributed by atoms with Crippen molar-refractivity contribution in [3.05, 3.63) is 46.0 Å². The Bertz CT molecular complexity index is 641. The van der Waals surface area contributed by atoms with Gasteiger partial charge in [0, 0.05) is 24.6 Å². The van der Waals surface area contributed by atoms with Gasteiger partial charge in [-0.05, 0) is 12.1 Å². The van der Waals surface area contributed by atoms with Crippen LogP contribution >= 0.6 is 0 Å². The molecule has 0 aliphatic heterocycles. The quantitative estimate of drug-likeness (QED) is 0.331. The maximum atomic E-state index is 11.9. The number of nitrogens with zero attached hydrogens (tertiary/aromatic N) is 3. The van der Waals surface area contributed by atoms with E-state index in [-0.39, 0.29) is 22.8 Å². The largest absolute Gasteiger partial charge is 0.352 e. The molecule has 2 aromatic rings. The second-order valence-electron chi connectivity index (χ2n) is 4.07. The van der Waals surface area contributed by atoms with Crippen molar-refractivity contribution >= 4 is 17.3 Å². The van der Waals surface area contributed by atoms with E-state index in [0.717, 1.165) is 0 Å². The maximum absolute atomic E-state index is 11.9. The summed E-state index contributed by atoms with van der Waals surface area (Å²) in [6.07, 6.45) is 1.88. The van der Waals surface area contributed by atoms with E-state index in [2.05, 4.69) is 25.9 Å². The SMILES string of the molecule is NNc1cc(C(=O)NCCc2ncn[nH]2)ccc1[N+](=O)[O-]. The van der Waals surface area contributed by atoms with Crippen molar-refractivity contribution in [1.29, 1.82) is 0 Å². The lowest BCUT2D eigenvalue weighted by atomic mass is 10.1. The van der Waals surface area contributed by atoms with Gasteiger partial charge in [0.05, 0.1) is 4.92 Å². The van der Waals surface area contributed by atoms with Gasteiger partial charge in [0.2, 0.25) is 0 Å². The number of nitrogens with one attached hydrogen (secondary N) is 3. The van der Waals surface area contributed by atoms with Gasteiger partial charge < -0.3 is 10.7 Å². The maximum Gasteiger partial charge on any atom is 0.293 e. The molecule has 0 fully saturated rings. The number of anilines is 1. The molecule has 110 valence electrons. The lowest BCUT2D eigenvalue weighted by molar-refractivity contribution is -0.384. The van der Waals surface area contributed by atoms with Crippen LogP contribution in [0.1, 0.15) is 16.2 Å². The summed E-state index contributed by atoms with van der Waals surface area (Å²) >= 11 is 0. The van der Waals surface area contributed by atoms with Gasteiger partial charge in [-0.3, -0.25) is 25.9 Å². The first kappa shape index (κ1) is 14.4. The number of hydrazine groups is 1. The van der Waals surface area contributed by atoms with Gasteiger partial charge in [0.25, 0.3) is 11.6 Å². The van der Waals surface area contributed by atoms with Gasteiger partial charge in [-0.25, -0.2) is 4.98 Å². The fraction of sp³-hybridized carbons (Fsp3) is 0.182. The van der Waals surface area contributed by atoms with E-state index in [1.807, 2.05) is 0 Å². The highest BCUT2D eigenvalue weighted by Gasteiger charge is 2.15. The van der Waals surface area contributed by atoms with Crippen molar-refractivity contribution in [2.24, 2.45) is 5.84 Å². The van der Waals surface area contributed by atoms with Crippen LogP contribution in [0.25, 0.3) is 0 Å². The van der Waals surface area contributed by atoms with Crippen LogP contribution in [0.3, 0.4) is 0 Å². The molecule has 1 aromatic heterocycles. The molecule has 2 rings (SSSR count). The minimum absolute atomic E-state index is 0.0721. The molecule has 21 heavy (non-hydrogen) atoms. The summed E-state index contributed by atoms with van der Waals surface area (Å²) in [5, 5.41) is 19.8. The number of rotatable bonds is 6. The van der Waals surface area contributed by atoms with Crippen LogP contribution in [0.5, 0.6) is 0 Å². The molecule has 5 N–H and O–H groups in total. The van der Waals surface area contributed by atoms with Crippen LogP contribution in [-0.2, 0) is 6.42 Å². The van der Waals surface area contributed by atoms with Gasteiger partial charge in [-0.2, -0.15) is 5.10 Å². The van der Waals surface area contributed by atoms with Crippen molar-refractivity contribution in [2.45, 2.75) is 6.42 Å². The third kappa shape index (κ3) is 3.51. The predicted octanol–water partition coefficient (Wildman–Crippen LogP) is -0.0290. The molecule has 1 heterocycles. The molecule has 0 saturated heterocycles.